The smallest absolute Gasteiger partial charge is 0.325 e. The Morgan fingerprint density at radius 2 is 1.97 bits per heavy atom. The number of ether oxygens (including phenoxy) is 1. The number of sulfonamides is 1. The Morgan fingerprint density at radius 3 is 2.67 bits per heavy atom. The molecule has 0 N–H and O–H groups in total. The number of hydrogen-bond acceptors (Lipinski definition) is 6. The second kappa shape index (κ2) is 9.34. The van der Waals surface area contributed by atoms with Crippen molar-refractivity contribution in [1.82, 2.24) is 8.87 Å². The fourth-order valence-corrected chi connectivity index (χ4v) is 6.52. The summed E-state index contributed by atoms with van der Waals surface area (Å²) in [5.41, 5.74) is 0.122. The SMILES string of the molecule is COC(=O)Cn1c(=NC(=O)C2CCCN2S(=O)(=O)c2ccc(Cl)cc2)sc2cccc(F)c21. The number of amides is 1. The van der Waals surface area contributed by atoms with Gasteiger partial charge in [-0.25, -0.2) is 12.8 Å². The number of carbonyl (C=O) groups excluding carboxylic acids is 2. The van der Waals surface area contributed by atoms with Crippen LogP contribution in [0.3, 0.4) is 0 Å². The van der Waals surface area contributed by atoms with Crippen molar-refractivity contribution in [3.63, 3.8) is 0 Å². The first-order chi connectivity index (χ1) is 15.7. The molecule has 1 aromatic heterocycles. The van der Waals surface area contributed by atoms with E-state index in [2.05, 4.69) is 4.99 Å². The number of esters is 1. The zero-order valence-electron chi connectivity index (χ0n) is 17.4. The molecule has 0 bridgehead atoms. The van der Waals surface area contributed by atoms with E-state index in [1.165, 1.54) is 48.1 Å². The van der Waals surface area contributed by atoms with Gasteiger partial charge in [-0.15, -0.1) is 0 Å². The van der Waals surface area contributed by atoms with E-state index < -0.39 is 33.8 Å². The lowest BCUT2D eigenvalue weighted by molar-refractivity contribution is -0.141. The molecular formula is C21H19ClFN3O5S2. The van der Waals surface area contributed by atoms with Gasteiger partial charge in [-0.05, 0) is 49.2 Å². The Balaban J connectivity index is 1.74. The average Bonchev–Trinajstić information content (AvgIpc) is 3.41. The maximum Gasteiger partial charge on any atom is 0.325 e. The molecule has 1 saturated heterocycles. The van der Waals surface area contributed by atoms with Crippen molar-refractivity contribution in [3.8, 4) is 0 Å². The second-order valence-electron chi connectivity index (χ2n) is 7.31. The first-order valence-corrected chi connectivity index (χ1v) is 12.6. The highest BCUT2D eigenvalue weighted by molar-refractivity contribution is 7.89. The van der Waals surface area contributed by atoms with Crippen LogP contribution >= 0.6 is 22.9 Å². The molecule has 8 nitrogen and oxygen atoms in total. The number of carbonyl (C=O) groups is 2. The Bertz CT molecular complexity index is 1400. The molecule has 0 aliphatic carbocycles. The van der Waals surface area contributed by atoms with E-state index in [0.717, 1.165) is 15.6 Å². The van der Waals surface area contributed by atoms with E-state index in [1.54, 1.807) is 6.07 Å². The second-order valence-corrected chi connectivity index (χ2v) is 10.6. The van der Waals surface area contributed by atoms with Crippen LogP contribution in [0, 0.1) is 5.82 Å². The minimum absolute atomic E-state index is 0.0243. The minimum Gasteiger partial charge on any atom is -0.468 e. The number of fused-ring (bicyclic) bond motifs is 1. The number of halogens is 2. The van der Waals surface area contributed by atoms with Gasteiger partial charge < -0.3 is 9.30 Å². The molecule has 1 unspecified atom stereocenters. The zero-order valence-corrected chi connectivity index (χ0v) is 19.8. The molecule has 1 aliphatic heterocycles. The van der Waals surface area contributed by atoms with E-state index >= 15 is 0 Å². The molecule has 12 heteroatoms. The van der Waals surface area contributed by atoms with Crippen molar-refractivity contribution in [2.24, 2.45) is 4.99 Å². The standard InChI is InChI=1S/C21H19ClFN3O5S2/c1-31-18(27)12-25-19-15(23)4-2-6-17(19)32-21(25)24-20(28)16-5-3-11-26(16)33(29,30)14-9-7-13(22)8-10-14/h2,4,6-10,16H,3,5,11-12H2,1H3. The maximum atomic E-state index is 14.5. The van der Waals surface area contributed by atoms with Crippen LogP contribution in [-0.2, 0) is 30.9 Å². The summed E-state index contributed by atoms with van der Waals surface area (Å²) >= 11 is 6.89. The number of rotatable bonds is 5. The highest BCUT2D eigenvalue weighted by Crippen LogP contribution is 2.28. The van der Waals surface area contributed by atoms with Crippen LogP contribution in [0.1, 0.15) is 12.8 Å². The normalized spacial score (nSPS) is 17.5. The summed E-state index contributed by atoms with van der Waals surface area (Å²) in [5.74, 6) is -1.90. The van der Waals surface area contributed by atoms with Crippen molar-refractivity contribution in [1.29, 1.82) is 0 Å². The number of hydrogen-bond donors (Lipinski definition) is 0. The molecule has 3 aromatic rings. The molecule has 2 heterocycles. The van der Waals surface area contributed by atoms with Gasteiger partial charge in [0.2, 0.25) is 10.0 Å². The van der Waals surface area contributed by atoms with Crippen LogP contribution in [-0.4, -0.2) is 48.9 Å². The molecule has 4 rings (SSSR count). The van der Waals surface area contributed by atoms with Gasteiger partial charge in [-0.1, -0.05) is 29.0 Å². The Morgan fingerprint density at radius 1 is 1.24 bits per heavy atom. The summed E-state index contributed by atoms with van der Waals surface area (Å²) in [7, 11) is -2.75. The molecule has 2 aromatic carbocycles. The number of para-hydroxylation sites is 1. The first kappa shape index (κ1) is 23.6. The first-order valence-electron chi connectivity index (χ1n) is 9.93. The molecule has 1 aliphatic rings. The molecule has 0 saturated carbocycles. The van der Waals surface area contributed by atoms with E-state index in [0.29, 0.717) is 22.6 Å². The van der Waals surface area contributed by atoms with Gasteiger partial charge in [0.15, 0.2) is 4.80 Å². The quantitative estimate of drug-likeness (QED) is 0.490. The molecule has 0 spiro atoms. The zero-order chi connectivity index (χ0) is 23.8. The molecule has 174 valence electrons. The topological polar surface area (TPSA) is 98.0 Å². The summed E-state index contributed by atoms with van der Waals surface area (Å²) in [4.78, 5) is 29.3. The Labute approximate surface area is 197 Å². The van der Waals surface area contributed by atoms with Crippen molar-refractivity contribution >= 4 is 55.1 Å². The molecule has 33 heavy (non-hydrogen) atoms. The third-order valence-corrected chi connectivity index (χ3v) is 8.50. The van der Waals surface area contributed by atoms with Crippen LogP contribution in [0.4, 0.5) is 4.39 Å². The molecule has 1 amide bonds. The predicted octanol–water partition coefficient (Wildman–Crippen LogP) is 2.95. The van der Waals surface area contributed by atoms with Crippen molar-refractivity contribution in [2.75, 3.05) is 13.7 Å². The van der Waals surface area contributed by atoms with Crippen LogP contribution in [0.15, 0.2) is 52.4 Å². The largest absolute Gasteiger partial charge is 0.468 e. The third kappa shape index (κ3) is 4.58. The van der Waals surface area contributed by atoms with Crippen molar-refractivity contribution in [2.45, 2.75) is 30.3 Å². The van der Waals surface area contributed by atoms with Gasteiger partial charge in [-0.2, -0.15) is 9.30 Å². The van der Waals surface area contributed by atoms with E-state index in [-0.39, 0.29) is 28.3 Å². The lowest BCUT2D eigenvalue weighted by Crippen LogP contribution is -2.40. The highest BCUT2D eigenvalue weighted by atomic mass is 35.5. The third-order valence-electron chi connectivity index (χ3n) is 5.28. The average molecular weight is 512 g/mol. The van der Waals surface area contributed by atoms with Gasteiger partial charge in [-0.3, -0.25) is 9.59 Å². The van der Waals surface area contributed by atoms with Crippen LogP contribution in [0.25, 0.3) is 10.2 Å². The summed E-state index contributed by atoms with van der Waals surface area (Å²) < 4.78 is 48.3. The van der Waals surface area contributed by atoms with Crippen LogP contribution < -0.4 is 4.80 Å². The number of methoxy groups -OCH3 is 1. The van der Waals surface area contributed by atoms with E-state index in [1.807, 2.05) is 0 Å². The van der Waals surface area contributed by atoms with E-state index in [9.17, 15) is 22.4 Å². The number of nitrogens with zero attached hydrogens (tertiary/aromatic N) is 3. The van der Waals surface area contributed by atoms with Gasteiger partial charge in [0, 0.05) is 11.6 Å². The molecule has 0 radical (unpaired) electrons. The maximum absolute atomic E-state index is 14.5. The summed E-state index contributed by atoms with van der Waals surface area (Å²) in [5, 5.41) is 0.394. The molecular weight excluding hydrogens is 493 g/mol. The lowest BCUT2D eigenvalue weighted by atomic mass is 10.2. The lowest BCUT2D eigenvalue weighted by Gasteiger charge is -2.21. The number of benzene rings is 2. The Kier molecular flexibility index (Phi) is 6.66. The summed E-state index contributed by atoms with van der Waals surface area (Å²) in [6.07, 6.45) is 0.785. The fraction of sp³-hybridized carbons (Fsp3) is 0.286. The molecule has 1 atom stereocenters. The van der Waals surface area contributed by atoms with Crippen LogP contribution in [0.2, 0.25) is 5.02 Å². The number of thiazole rings is 1. The fourth-order valence-electron chi connectivity index (χ4n) is 3.70. The van der Waals surface area contributed by atoms with Gasteiger partial charge in [0.1, 0.15) is 18.4 Å². The minimum atomic E-state index is -3.95. The Hall–Kier alpha value is -2.60. The number of aromatic nitrogens is 1. The molecule has 1 fully saturated rings. The van der Waals surface area contributed by atoms with Gasteiger partial charge in [0.05, 0.1) is 22.2 Å². The van der Waals surface area contributed by atoms with Crippen molar-refractivity contribution in [3.05, 3.63) is 58.1 Å². The summed E-state index contributed by atoms with van der Waals surface area (Å²) in [6, 6.07) is 9.09. The highest BCUT2D eigenvalue weighted by Gasteiger charge is 2.39. The van der Waals surface area contributed by atoms with Crippen LogP contribution in [0.5, 0.6) is 0 Å². The van der Waals surface area contributed by atoms with Gasteiger partial charge in [0.25, 0.3) is 5.91 Å². The van der Waals surface area contributed by atoms with Crippen molar-refractivity contribution < 1.29 is 27.1 Å². The monoisotopic (exact) mass is 511 g/mol. The van der Waals surface area contributed by atoms with E-state index in [4.69, 9.17) is 16.3 Å². The predicted molar refractivity (Wildman–Crippen MR) is 121 cm³/mol. The summed E-state index contributed by atoms with van der Waals surface area (Å²) in [6.45, 7) is -0.179. The van der Waals surface area contributed by atoms with Gasteiger partial charge >= 0.3 is 5.97 Å².